The molecule has 0 amide bonds. The number of esters is 1. The van der Waals surface area contributed by atoms with Gasteiger partial charge in [0.15, 0.2) is 0 Å². The summed E-state index contributed by atoms with van der Waals surface area (Å²) in [5.74, 6) is -2.93. The molecule has 0 fully saturated rings. The first kappa shape index (κ1) is 24.8. The van der Waals surface area contributed by atoms with Crippen LogP contribution >= 0.6 is 0 Å². The van der Waals surface area contributed by atoms with Gasteiger partial charge in [-0.1, -0.05) is 12.1 Å². The fourth-order valence-corrected chi connectivity index (χ4v) is 3.84. The van der Waals surface area contributed by atoms with Gasteiger partial charge in [-0.3, -0.25) is 4.79 Å². The van der Waals surface area contributed by atoms with E-state index < -0.39 is 51.3 Å². The minimum absolute atomic E-state index is 0.00807. The van der Waals surface area contributed by atoms with Crippen molar-refractivity contribution in [3.8, 4) is 11.5 Å². The lowest BCUT2D eigenvalue weighted by Crippen LogP contribution is -2.28. The molecule has 33 heavy (non-hydrogen) atoms. The average molecular weight is 492 g/mol. The van der Waals surface area contributed by atoms with E-state index >= 15 is 0 Å². The number of halogens is 4. The molecule has 3 rings (SSSR count). The van der Waals surface area contributed by atoms with Gasteiger partial charge < -0.3 is 18.8 Å². The van der Waals surface area contributed by atoms with E-state index in [0.29, 0.717) is 30.2 Å². The molecule has 1 N–H and O–H groups in total. The van der Waals surface area contributed by atoms with Gasteiger partial charge in [-0.05, 0) is 49.1 Å². The minimum atomic E-state index is -5.93. The summed E-state index contributed by atoms with van der Waals surface area (Å²) in [5.41, 5.74) is -4.49. The van der Waals surface area contributed by atoms with Gasteiger partial charge in [0.05, 0.1) is 19.1 Å². The van der Waals surface area contributed by atoms with E-state index in [-0.39, 0.29) is 5.56 Å². The number of carbonyl (C=O) groups is 1. The number of methoxy groups -OCH3 is 1. The molecule has 1 heterocycles. The standard InChI is InChI=1S/C21H20F4O7S/c1-11(20(27)30-2)19(26)13-4-3-12-5-8-17(31-18(12)9-13)15-7-6-14(10-16(15)22)32-33(28,29)21(23,24)25/h3-4,6-7,9-11,17,19,26H,5,8H2,1-2H3/t11-,17?,19+/m0/s1. The molecule has 0 saturated heterocycles. The molecule has 3 atom stereocenters. The zero-order chi connectivity index (χ0) is 24.6. The second-order valence-electron chi connectivity index (χ2n) is 7.44. The van der Waals surface area contributed by atoms with Gasteiger partial charge >= 0.3 is 21.6 Å². The number of carbonyl (C=O) groups excluding carboxylic acids is 1. The quantitative estimate of drug-likeness (QED) is 0.282. The van der Waals surface area contributed by atoms with Crippen LogP contribution in [0.25, 0.3) is 0 Å². The highest BCUT2D eigenvalue weighted by molar-refractivity contribution is 7.88. The number of fused-ring (bicyclic) bond motifs is 1. The van der Waals surface area contributed by atoms with Crippen molar-refractivity contribution in [2.45, 2.75) is 37.5 Å². The average Bonchev–Trinajstić information content (AvgIpc) is 2.75. The van der Waals surface area contributed by atoms with Crippen LogP contribution in [-0.2, 0) is 26.1 Å². The molecule has 2 aromatic carbocycles. The SMILES string of the molecule is COC(=O)[C@@H](C)[C@@H](O)c1ccc2c(c1)OC(c1ccc(OS(=O)(=O)C(F)(F)F)cc1F)CC2. The van der Waals surface area contributed by atoms with Crippen molar-refractivity contribution in [2.75, 3.05) is 7.11 Å². The lowest BCUT2D eigenvalue weighted by Gasteiger charge is -2.28. The topological polar surface area (TPSA) is 99.1 Å². The molecule has 0 radical (unpaired) electrons. The maximum absolute atomic E-state index is 14.6. The van der Waals surface area contributed by atoms with Crippen molar-refractivity contribution in [1.29, 1.82) is 0 Å². The van der Waals surface area contributed by atoms with Crippen LogP contribution in [0.2, 0.25) is 0 Å². The normalized spacial score (nSPS) is 18.0. The van der Waals surface area contributed by atoms with E-state index in [9.17, 15) is 35.9 Å². The third-order valence-corrected chi connectivity index (χ3v) is 6.21. The largest absolute Gasteiger partial charge is 0.534 e. The molecular formula is C21H20F4O7S. The summed E-state index contributed by atoms with van der Waals surface area (Å²) in [5, 5.41) is 10.4. The van der Waals surface area contributed by atoms with Crippen molar-refractivity contribution in [2.24, 2.45) is 5.92 Å². The molecule has 0 aromatic heterocycles. The van der Waals surface area contributed by atoms with Crippen LogP contribution in [0.15, 0.2) is 36.4 Å². The lowest BCUT2D eigenvalue weighted by atomic mass is 9.92. The van der Waals surface area contributed by atoms with Gasteiger partial charge in [0.1, 0.15) is 23.4 Å². The first-order chi connectivity index (χ1) is 15.3. The smallest absolute Gasteiger partial charge is 0.485 e. The van der Waals surface area contributed by atoms with E-state index in [4.69, 9.17) is 4.74 Å². The number of hydrogen-bond donors (Lipinski definition) is 1. The molecule has 7 nitrogen and oxygen atoms in total. The van der Waals surface area contributed by atoms with Gasteiger partial charge in [0.2, 0.25) is 0 Å². The first-order valence-electron chi connectivity index (χ1n) is 9.69. The molecule has 0 saturated carbocycles. The first-order valence-corrected chi connectivity index (χ1v) is 11.1. The number of rotatable bonds is 6. The number of alkyl halides is 3. The van der Waals surface area contributed by atoms with E-state index in [1.165, 1.54) is 20.1 Å². The monoisotopic (exact) mass is 492 g/mol. The van der Waals surface area contributed by atoms with Crippen LogP contribution in [-0.4, -0.2) is 32.1 Å². The van der Waals surface area contributed by atoms with Crippen LogP contribution in [0, 0.1) is 11.7 Å². The Hall–Kier alpha value is -2.86. The summed E-state index contributed by atoms with van der Waals surface area (Å²) in [7, 11) is -4.72. The van der Waals surface area contributed by atoms with Crippen LogP contribution in [0.4, 0.5) is 17.6 Å². The van der Waals surface area contributed by atoms with Gasteiger partial charge in [-0.2, -0.15) is 21.6 Å². The number of benzene rings is 2. The summed E-state index contributed by atoms with van der Waals surface area (Å²) in [6.45, 7) is 1.50. The van der Waals surface area contributed by atoms with Crippen molar-refractivity contribution in [3.63, 3.8) is 0 Å². The molecule has 12 heteroatoms. The van der Waals surface area contributed by atoms with Crippen molar-refractivity contribution >= 4 is 16.1 Å². The number of aryl methyl sites for hydroxylation is 1. The van der Waals surface area contributed by atoms with Crippen molar-refractivity contribution < 1.29 is 49.5 Å². The summed E-state index contributed by atoms with van der Waals surface area (Å²) < 4.78 is 88.6. The number of aliphatic hydroxyl groups is 1. The maximum Gasteiger partial charge on any atom is 0.534 e. The Morgan fingerprint density at radius 3 is 2.52 bits per heavy atom. The zero-order valence-electron chi connectivity index (χ0n) is 17.4. The molecule has 0 bridgehead atoms. The fourth-order valence-electron chi connectivity index (χ4n) is 3.39. The molecule has 2 aromatic rings. The molecule has 1 aliphatic rings. The molecule has 0 aliphatic carbocycles. The predicted octanol–water partition coefficient (Wildman–Crippen LogP) is 3.96. The highest BCUT2D eigenvalue weighted by atomic mass is 32.2. The number of aliphatic hydroxyl groups excluding tert-OH is 1. The van der Waals surface area contributed by atoms with Crippen LogP contribution in [0.5, 0.6) is 11.5 Å². The van der Waals surface area contributed by atoms with Gasteiger partial charge in [-0.15, -0.1) is 0 Å². The minimum Gasteiger partial charge on any atom is -0.485 e. The number of hydrogen-bond acceptors (Lipinski definition) is 7. The van der Waals surface area contributed by atoms with Gasteiger partial charge in [0.25, 0.3) is 0 Å². The van der Waals surface area contributed by atoms with Crippen molar-refractivity contribution in [1.82, 2.24) is 0 Å². The Labute approximate surface area is 187 Å². The summed E-state index contributed by atoms with van der Waals surface area (Å²) in [4.78, 5) is 11.7. The van der Waals surface area contributed by atoms with Crippen LogP contribution in [0.1, 0.15) is 42.2 Å². The lowest BCUT2D eigenvalue weighted by molar-refractivity contribution is -0.148. The van der Waals surface area contributed by atoms with E-state index in [2.05, 4.69) is 8.92 Å². The van der Waals surface area contributed by atoms with Crippen molar-refractivity contribution in [3.05, 3.63) is 58.9 Å². The third-order valence-electron chi connectivity index (χ3n) is 5.23. The molecular weight excluding hydrogens is 472 g/mol. The Balaban J connectivity index is 1.81. The zero-order valence-corrected chi connectivity index (χ0v) is 18.2. The highest BCUT2D eigenvalue weighted by Crippen LogP contribution is 2.39. The summed E-state index contributed by atoms with van der Waals surface area (Å²) in [6, 6.07) is 7.40. The van der Waals surface area contributed by atoms with E-state index in [1.807, 2.05) is 0 Å². The molecule has 180 valence electrons. The Kier molecular flexibility index (Phi) is 6.89. The van der Waals surface area contributed by atoms with E-state index in [0.717, 1.165) is 17.7 Å². The predicted molar refractivity (Wildman–Crippen MR) is 106 cm³/mol. The Bertz CT molecular complexity index is 1150. The summed E-state index contributed by atoms with van der Waals surface area (Å²) in [6.07, 6.45) is -1.18. The summed E-state index contributed by atoms with van der Waals surface area (Å²) >= 11 is 0. The Morgan fingerprint density at radius 2 is 1.91 bits per heavy atom. The molecule has 1 unspecified atom stereocenters. The van der Waals surface area contributed by atoms with Gasteiger partial charge in [-0.25, -0.2) is 4.39 Å². The van der Waals surface area contributed by atoms with E-state index in [1.54, 1.807) is 12.1 Å². The molecule has 0 spiro atoms. The van der Waals surface area contributed by atoms with Crippen LogP contribution in [0.3, 0.4) is 0 Å². The number of ether oxygens (including phenoxy) is 2. The maximum atomic E-state index is 14.6. The third kappa shape index (κ3) is 5.22. The second-order valence-corrected chi connectivity index (χ2v) is 8.97. The fraction of sp³-hybridized carbons (Fsp3) is 0.381. The second kappa shape index (κ2) is 9.18. The van der Waals surface area contributed by atoms with Gasteiger partial charge in [0, 0.05) is 11.6 Å². The Morgan fingerprint density at radius 1 is 1.21 bits per heavy atom. The highest BCUT2D eigenvalue weighted by Gasteiger charge is 2.48. The van der Waals surface area contributed by atoms with Crippen LogP contribution < -0.4 is 8.92 Å². The molecule has 1 aliphatic heterocycles.